The first kappa shape index (κ1) is 19.6. The normalized spacial score (nSPS) is 12.9. The third kappa shape index (κ3) is 3.76. The lowest BCUT2D eigenvalue weighted by Crippen LogP contribution is -2.30. The van der Waals surface area contributed by atoms with Gasteiger partial charge in [-0.15, -0.1) is 0 Å². The van der Waals surface area contributed by atoms with Crippen molar-refractivity contribution in [1.29, 1.82) is 0 Å². The average molecular weight is 380 g/mol. The molecule has 0 radical (unpaired) electrons. The highest BCUT2D eigenvalue weighted by atomic mass is 16.5. The van der Waals surface area contributed by atoms with Gasteiger partial charge in [-0.3, -0.25) is 19.3 Å². The van der Waals surface area contributed by atoms with E-state index < -0.39 is 0 Å². The fourth-order valence-corrected chi connectivity index (χ4v) is 3.21. The first-order valence-corrected chi connectivity index (χ1v) is 9.38. The van der Waals surface area contributed by atoms with Crippen LogP contribution in [0.15, 0.2) is 36.4 Å². The number of amides is 3. The molecule has 2 aromatic carbocycles. The van der Waals surface area contributed by atoms with Crippen molar-refractivity contribution >= 4 is 17.7 Å². The molecule has 0 saturated carbocycles. The summed E-state index contributed by atoms with van der Waals surface area (Å²) in [7, 11) is 1.61. The predicted octanol–water partition coefficient (Wildman–Crippen LogP) is 3.33. The van der Waals surface area contributed by atoms with E-state index in [1.165, 1.54) is 11.0 Å². The summed E-state index contributed by atoms with van der Waals surface area (Å²) in [4.78, 5) is 38.7. The smallest absolute Gasteiger partial charge is 0.261 e. The second-order valence-electron chi connectivity index (χ2n) is 6.86. The van der Waals surface area contributed by atoms with Crippen LogP contribution in [0.5, 0.6) is 5.75 Å². The quantitative estimate of drug-likeness (QED) is 0.748. The maximum absolute atomic E-state index is 12.5. The molecule has 0 spiro atoms. The molecule has 2 aromatic rings. The minimum Gasteiger partial charge on any atom is -0.496 e. The van der Waals surface area contributed by atoms with Gasteiger partial charge in [0.1, 0.15) is 5.75 Å². The Morgan fingerprint density at radius 2 is 1.82 bits per heavy atom. The van der Waals surface area contributed by atoms with Gasteiger partial charge in [0, 0.05) is 18.7 Å². The highest BCUT2D eigenvalue weighted by molar-refractivity contribution is 6.22. The second kappa shape index (κ2) is 8.25. The number of aryl methyl sites for hydroxylation is 1. The molecule has 1 aliphatic heterocycles. The number of carbonyl (C=O) groups excluding carboxylic acids is 3. The maximum atomic E-state index is 12.5. The molecular weight excluding hydrogens is 356 g/mol. The van der Waals surface area contributed by atoms with Crippen molar-refractivity contribution in [2.75, 3.05) is 13.7 Å². The van der Waals surface area contributed by atoms with Crippen molar-refractivity contribution < 1.29 is 19.1 Å². The van der Waals surface area contributed by atoms with E-state index in [1.807, 2.05) is 32.0 Å². The van der Waals surface area contributed by atoms with Crippen LogP contribution in [0.3, 0.4) is 0 Å². The number of rotatable bonds is 7. The molecule has 0 aliphatic carbocycles. The number of unbranched alkanes of at least 4 members (excludes halogenated alkanes) is 1. The van der Waals surface area contributed by atoms with Gasteiger partial charge in [0.2, 0.25) is 0 Å². The van der Waals surface area contributed by atoms with E-state index in [4.69, 9.17) is 4.74 Å². The number of nitrogens with zero attached hydrogens (tertiary/aromatic N) is 1. The molecule has 0 fully saturated rings. The van der Waals surface area contributed by atoms with Gasteiger partial charge in [0.15, 0.2) is 0 Å². The maximum Gasteiger partial charge on any atom is 0.261 e. The van der Waals surface area contributed by atoms with E-state index in [2.05, 4.69) is 5.32 Å². The number of ether oxygens (including phenoxy) is 1. The number of carbonyl (C=O) groups is 3. The van der Waals surface area contributed by atoms with Gasteiger partial charge in [-0.05, 0) is 48.7 Å². The zero-order valence-corrected chi connectivity index (χ0v) is 16.4. The van der Waals surface area contributed by atoms with E-state index in [9.17, 15) is 14.4 Å². The summed E-state index contributed by atoms with van der Waals surface area (Å²) in [5, 5.41) is 2.84. The lowest BCUT2D eigenvalue weighted by molar-refractivity contribution is 0.0652. The van der Waals surface area contributed by atoms with Gasteiger partial charge in [-0.25, -0.2) is 0 Å². The molecule has 6 heteroatoms. The molecule has 0 atom stereocenters. The number of hydrogen-bond acceptors (Lipinski definition) is 4. The van der Waals surface area contributed by atoms with Gasteiger partial charge < -0.3 is 10.1 Å². The Bertz CT molecular complexity index is 936. The molecular formula is C22H24N2O4. The van der Waals surface area contributed by atoms with Crippen LogP contribution in [0, 0.1) is 6.92 Å². The molecule has 0 unspecified atom stereocenters. The number of hydrogen-bond donors (Lipinski definition) is 1. The molecule has 146 valence electrons. The molecule has 1 N–H and O–H groups in total. The van der Waals surface area contributed by atoms with Crippen LogP contribution >= 0.6 is 0 Å². The van der Waals surface area contributed by atoms with Crippen LogP contribution in [-0.4, -0.2) is 36.3 Å². The summed E-state index contributed by atoms with van der Waals surface area (Å²) < 4.78 is 5.30. The summed E-state index contributed by atoms with van der Waals surface area (Å²) in [6, 6.07) is 10.4. The highest BCUT2D eigenvalue weighted by Crippen LogP contribution is 2.24. The van der Waals surface area contributed by atoms with Crippen molar-refractivity contribution in [2.24, 2.45) is 0 Å². The van der Waals surface area contributed by atoms with Gasteiger partial charge in [-0.2, -0.15) is 0 Å². The molecule has 3 rings (SSSR count). The van der Waals surface area contributed by atoms with Gasteiger partial charge >= 0.3 is 0 Å². The van der Waals surface area contributed by atoms with Crippen LogP contribution in [0.4, 0.5) is 0 Å². The zero-order chi connectivity index (χ0) is 20.3. The van der Waals surface area contributed by atoms with Crippen LogP contribution in [-0.2, 0) is 6.54 Å². The molecule has 0 saturated heterocycles. The summed E-state index contributed by atoms with van der Waals surface area (Å²) in [6.07, 6.45) is 1.66. The van der Waals surface area contributed by atoms with E-state index in [0.717, 1.165) is 29.7 Å². The Kier molecular flexibility index (Phi) is 5.78. The number of benzene rings is 2. The van der Waals surface area contributed by atoms with E-state index in [-0.39, 0.29) is 17.7 Å². The van der Waals surface area contributed by atoms with Crippen LogP contribution in [0.1, 0.15) is 62.0 Å². The summed E-state index contributed by atoms with van der Waals surface area (Å²) >= 11 is 0. The summed E-state index contributed by atoms with van der Waals surface area (Å²) in [6.45, 7) is 4.69. The first-order valence-electron chi connectivity index (χ1n) is 9.38. The van der Waals surface area contributed by atoms with Crippen LogP contribution in [0.25, 0.3) is 0 Å². The SMILES string of the molecule is CCCCN1C(=O)c2ccc(C(=O)NCc3ccc(C)c(OC)c3)cc2C1=O. The fourth-order valence-electron chi connectivity index (χ4n) is 3.21. The third-order valence-corrected chi connectivity index (χ3v) is 4.89. The lowest BCUT2D eigenvalue weighted by atomic mass is 10.1. The predicted molar refractivity (Wildman–Crippen MR) is 106 cm³/mol. The highest BCUT2D eigenvalue weighted by Gasteiger charge is 2.35. The van der Waals surface area contributed by atoms with Crippen molar-refractivity contribution in [3.05, 3.63) is 64.2 Å². The first-order chi connectivity index (χ1) is 13.5. The zero-order valence-electron chi connectivity index (χ0n) is 16.4. The molecule has 1 heterocycles. The molecule has 3 amide bonds. The Labute approximate surface area is 164 Å². The molecule has 0 bridgehead atoms. The fraction of sp³-hybridized carbons (Fsp3) is 0.318. The van der Waals surface area contributed by atoms with Crippen molar-refractivity contribution in [3.8, 4) is 5.75 Å². The Balaban J connectivity index is 1.72. The molecule has 28 heavy (non-hydrogen) atoms. The van der Waals surface area contributed by atoms with Crippen molar-refractivity contribution in [1.82, 2.24) is 10.2 Å². The Morgan fingerprint density at radius 3 is 2.54 bits per heavy atom. The largest absolute Gasteiger partial charge is 0.496 e. The molecule has 1 aliphatic rings. The Hall–Kier alpha value is -3.15. The number of methoxy groups -OCH3 is 1. The summed E-state index contributed by atoms with van der Waals surface area (Å²) in [5.74, 6) is -0.145. The third-order valence-electron chi connectivity index (χ3n) is 4.89. The lowest BCUT2D eigenvalue weighted by Gasteiger charge is -2.12. The van der Waals surface area contributed by atoms with Gasteiger partial charge in [-0.1, -0.05) is 25.5 Å². The standard InChI is InChI=1S/C22H24N2O4/c1-4-5-10-24-21(26)17-9-8-16(12-18(17)22(24)27)20(25)23-13-15-7-6-14(2)19(11-15)28-3/h6-9,11-12H,4-5,10,13H2,1-3H3,(H,23,25). The van der Waals surface area contributed by atoms with E-state index >= 15 is 0 Å². The topological polar surface area (TPSA) is 75.7 Å². The number of fused-ring (bicyclic) bond motifs is 1. The van der Waals surface area contributed by atoms with Gasteiger partial charge in [0.05, 0.1) is 18.2 Å². The average Bonchev–Trinajstić information content (AvgIpc) is 2.95. The minimum absolute atomic E-state index is 0.285. The summed E-state index contributed by atoms with van der Waals surface area (Å²) in [5.41, 5.74) is 2.95. The second-order valence-corrected chi connectivity index (χ2v) is 6.86. The minimum atomic E-state index is -0.327. The number of imide groups is 1. The monoisotopic (exact) mass is 380 g/mol. The molecule has 0 aromatic heterocycles. The molecule has 6 nitrogen and oxygen atoms in total. The Morgan fingerprint density at radius 1 is 1.07 bits per heavy atom. The van der Waals surface area contributed by atoms with Crippen molar-refractivity contribution in [2.45, 2.75) is 33.2 Å². The number of nitrogens with one attached hydrogen (secondary N) is 1. The van der Waals surface area contributed by atoms with Crippen molar-refractivity contribution in [3.63, 3.8) is 0 Å². The van der Waals surface area contributed by atoms with E-state index in [1.54, 1.807) is 19.2 Å². The van der Waals surface area contributed by atoms with Crippen LogP contribution < -0.4 is 10.1 Å². The van der Waals surface area contributed by atoms with E-state index in [0.29, 0.717) is 29.8 Å². The van der Waals surface area contributed by atoms with Gasteiger partial charge in [0.25, 0.3) is 17.7 Å². The van der Waals surface area contributed by atoms with Crippen LogP contribution in [0.2, 0.25) is 0 Å².